The van der Waals surface area contributed by atoms with Crippen molar-refractivity contribution in [1.29, 1.82) is 0 Å². The summed E-state index contributed by atoms with van der Waals surface area (Å²) >= 11 is 0. The van der Waals surface area contributed by atoms with Crippen molar-refractivity contribution >= 4 is 23.0 Å². The maximum Gasteiger partial charge on any atom is 0.165 e. The molecule has 128 valence electrons. The molecule has 0 saturated heterocycles. The Morgan fingerprint density at radius 1 is 1.12 bits per heavy atom. The fraction of sp³-hybridized carbons (Fsp3) is 0.333. The van der Waals surface area contributed by atoms with Gasteiger partial charge in [0.25, 0.3) is 0 Å². The molecule has 2 aromatic rings. The normalized spacial score (nSPS) is 18.3. The average Bonchev–Trinajstić information content (AvgIpc) is 3.29. The molecule has 25 heavy (non-hydrogen) atoms. The van der Waals surface area contributed by atoms with Gasteiger partial charge in [0.2, 0.25) is 0 Å². The number of fused-ring (bicyclic) bond motifs is 1. The van der Waals surface area contributed by atoms with Gasteiger partial charge in [0.05, 0.1) is 6.54 Å². The number of carbonyl (C=O) groups excluding carboxylic acids is 1. The highest BCUT2D eigenvalue weighted by molar-refractivity contribution is 6.03. The second-order valence-electron chi connectivity index (χ2n) is 7.02. The fourth-order valence-electron chi connectivity index (χ4n) is 3.74. The molecule has 2 aliphatic rings. The van der Waals surface area contributed by atoms with Crippen LogP contribution in [0.2, 0.25) is 0 Å². The van der Waals surface area contributed by atoms with Crippen molar-refractivity contribution in [2.75, 3.05) is 11.1 Å². The predicted octanol–water partition coefficient (Wildman–Crippen LogP) is 4.21. The van der Waals surface area contributed by atoms with Crippen LogP contribution in [0.4, 0.5) is 11.4 Å². The summed E-state index contributed by atoms with van der Waals surface area (Å²) in [6.07, 6.45) is 5.26. The highest BCUT2D eigenvalue weighted by Gasteiger charge is 2.23. The summed E-state index contributed by atoms with van der Waals surface area (Å²) in [4.78, 5) is 17.1. The molecular weight excluding hydrogens is 310 g/mol. The SMILES string of the molecule is Nc1ccc2c(c1)CC(=NCc1ccc(C(=O)C3CCCC3)cc1)N2. The predicted molar refractivity (Wildman–Crippen MR) is 102 cm³/mol. The van der Waals surface area contributed by atoms with Crippen LogP contribution in [0.5, 0.6) is 0 Å². The van der Waals surface area contributed by atoms with Gasteiger partial charge >= 0.3 is 0 Å². The number of anilines is 2. The van der Waals surface area contributed by atoms with Crippen LogP contribution < -0.4 is 11.1 Å². The Kier molecular flexibility index (Phi) is 4.26. The van der Waals surface area contributed by atoms with E-state index in [0.29, 0.717) is 12.3 Å². The molecule has 1 fully saturated rings. The summed E-state index contributed by atoms with van der Waals surface area (Å²) in [7, 11) is 0. The molecule has 1 aliphatic carbocycles. The van der Waals surface area contributed by atoms with Gasteiger partial charge in [-0.3, -0.25) is 9.79 Å². The number of ketones is 1. The van der Waals surface area contributed by atoms with Crippen molar-refractivity contribution in [3.63, 3.8) is 0 Å². The summed E-state index contributed by atoms with van der Waals surface area (Å²) in [5.41, 5.74) is 10.8. The smallest absolute Gasteiger partial charge is 0.165 e. The second kappa shape index (κ2) is 6.71. The average molecular weight is 333 g/mol. The van der Waals surface area contributed by atoms with Gasteiger partial charge < -0.3 is 11.1 Å². The van der Waals surface area contributed by atoms with E-state index in [4.69, 9.17) is 5.73 Å². The van der Waals surface area contributed by atoms with Crippen molar-refractivity contribution < 1.29 is 4.79 Å². The molecule has 0 unspecified atom stereocenters. The summed E-state index contributed by atoms with van der Waals surface area (Å²) in [5.74, 6) is 1.51. The molecule has 2 aromatic carbocycles. The number of hydrogen-bond acceptors (Lipinski definition) is 3. The van der Waals surface area contributed by atoms with Crippen LogP contribution in [0.3, 0.4) is 0 Å². The molecule has 0 radical (unpaired) electrons. The Morgan fingerprint density at radius 2 is 1.88 bits per heavy atom. The third-order valence-corrected chi connectivity index (χ3v) is 5.18. The van der Waals surface area contributed by atoms with E-state index in [-0.39, 0.29) is 5.92 Å². The number of aliphatic imine (C=N–C) groups is 1. The topological polar surface area (TPSA) is 67.5 Å². The number of nitrogens with two attached hydrogens (primary N) is 1. The molecule has 0 amide bonds. The van der Waals surface area contributed by atoms with Gasteiger partial charge in [-0.1, -0.05) is 37.1 Å². The minimum absolute atomic E-state index is 0.236. The van der Waals surface area contributed by atoms with E-state index in [1.165, 1.54) is 18.4 Å². The minimum atomic E-state index is 0.236. The van der Waals surface area contributed by atoms with Crippen LogP contribution in [-0.4, -0.2) is 11.6 Å². The highest BCUT2D eigenvalue weighted by atomic mass is 16.1. The molecular formula is C21H23N3O. The first-order chi connectivity index (χ1) is 12.2. The summed E-state index contributed by atoms with van der Waals surface area (Å²) in [6, 6.07) is 13.8. The van der Waals surface area contributed by atoms with E-state index in [2.05, 4.69) is 10.3 Å². The van der Waals surface area contributed by atoms with Gasteiger partial charge in [0.1, 0.15) is 5.84 Å². The van der Waals surface area contributed by atoms with Crippen molar-refractivity contribution in [2.45, 2.75) is 38.6 Å². The van der Waals surface area contributed by atoms with Gasteiger partial charge in [0.15, 0.2) is 5.78 Å². The maximum atomic E-state index is 12.4. The maximum absolute atomic E-state index is 12.4. The number of rotatable bonds is 4. The van der Waals surface area contributed by atoms with Gasteiger partial charge in [-0.25, -0.2) is 0 Å². The Morgan fingerprint density at radius 3 is 2.64 bits per heavy atom. The fourth-order valence-corrected chi connectivity index (χ4v) is 3.74. The summed E-state index contributed by atoms with van der Waals surface area (Å²) < 4.78 is 0. The molecule has 4 rings (SSSR count). The number of carbonyl (C=O) groups is 1. The standard InChI is InChI=1S/C21H23N3O/c22-18-9-10-19-17(11-18)12-20(24-19)23-13-14-5-7-16(8-6-14)21(25)15-3-1-2-4-15/h5-11,15H,1-4,12-13,22H2,(H,23,24). The molecule has 1 heterocycles. The van der Waals surface area contributed by atoms with E-state index < -0.39 is 0 Å². The number of benzene rings is 2. The van der Waals surface area contributed by atoms with Crippen LogP contribution in [-0.2, 0) is 13.0 Å². The first-order valence-corrected chi connectivity index (χ1v) is 9.01. The van der Waals surface area contributed by atoms with Crippen LogP contribution in [0.1, 0.15) is 47.2 Å². The number of amidine groups is 1. The lowest BCUT2D eigenvalue weighted by Gasteiger charge is -2.08. The Hall–Kier alpha value is -2.62. The number of Topliss-reactive ketones (excluding diaryl/α,β-unsaturated/α-hetero) is 1. The van der Waals surface area contributed by atoms with Crippen molar-refractivity contribution in [3.8, 4) is 0 Å². The lowest BCUT2D eigenvalue weighted by Crippen LogP contribution is -2.11. The van der Waals surface area contributed by atoms with Gasteiger partial charge in [-0.15, -0.1) is 0 Å². The van der Waals surface area contributed by atoms with Crippen LogP contribution in [0, 0.1) is 5.92 Å². The van der Waals surface area contributed by atoms with Gasteiger partial charge in [-0.05, 0) is 42.2 Å². The quantitative estimate of drug-likeness (QED) is 0.650. The molecule has 0 aromatic heterocycles. The van der Waals surface area contributed by atoms with Crippen LogP contribution in [0.15, 0.2) is 47.5 Å². The van der Waals surface area contributed by atoms with E-state index in [0.717, 1.165) is 47.6 Å². The first kappa shape index (κ1) is 15.9. The van der Waals surface area contributed by atoms with E-state index in [1.54, 1.807) is 0 Å². The highest BCUT2D eigenvalue weighted by Crippen LogP contribution is 2.28. The van der Waals surface area contributed by atoms with Crippen molar-refractivity contribution in [3.05, 3.63) is 59.2 Å². The molecule has 4 nitrogen and oxygen atoms in total. The molecule has 1 saturated carbocycles. The molecule has 1 aliphatic heterocycles. The number of nitrogens with one attached hydrogen (secondary N) is 1. The number of nitrogen functional groups attached to an aromatic ring is 1. The Bertz CT molecular complexity index is 818. The van der Waals surface area contributed by atoms with Crippen molar-refractivity contribution in [1.82, 2.24) is 0 Å². The first-order valence-electron chi connectivity index (χ1n) is 9.01. The van der Waals surface area contributed by atoms with Crippen LogP contribution >= 0.6 is 0 Å². The summed E-state index contributed by atoms with van der Waals surface area (Å²) in [6.45, 7) is 0.615. The van der Waals surface area contributed by atoms with Crippen molar-refractivity contribution in [2.24, 2.45) is 10.9 Å². The van der Waals surface area contributed by atoms with E-state index >= 15 is 0 Å². The van der Waals surface area contributed by atoms with E-state index in [9.17, 15) is 4.79 Å². The van der Waals surface area contributed by atoms with E-state index in [1.807, 2.05) is 42.5 Å². The zero-order valence-electron chi connectivity index (χ0n) is 14.3. The Labute approximate surface area is 148 Å². The summed E-state index contributed by atoms with van der Waals surface area (Å²) in [5, 5.41) is 3.34. The zero-order chi connectivity index (χ0) is 17.2. The number of nitrogens with zero attached hydrogens (tertiary/aromatic N) is 1. The Balaban J connectivity index is 1.40. The second-order valence-corrected chi connectivity index (χ2v) is 7.02. The third-order valence-electron chi connectivity index (χ3n) is 5.18. The van der Waals surface area contributed by atoms with Gasteiger partial charge in [0, 0.05) is 29.3 Å². The third kappa shape index (κ3) is 3.43. The van der Waals surface area contributed by atoms with Gasteiger partial charge in [-0.2, -0.15) is 0 Å². The lowest BCUT2D eigenvalue weighted by molar-refractivity contribution is 0.0923. The number of hydrogen-bond donors (Lipinski definition) is 2. The largest absolute Gasteiger partial charge is 0.399 e. The van der Waals surface area contributed by atoms with Crippen LogP contribution in [0.25, 0.3) is 0 Å². The zero-order valence-corrected chi connectivity index (χ0v) is 14.3. The molecule has 0 atom stereocenters. The molecule has 0 spiro atoms. The monoisotopic (exact) mass is 333 g/mol. The minimum Gasteiger partial charge on any atom is -0.399 e. The molecule has 3 N–H and O–H groups in total. The molecule has 4 heteroatoms. The lowest BCUT2D eigenvalue weighted by atomic mass is 9.96. The molecule has 0 bridgehead atoms.